The molecule has 2 heteroatoms. The second-order valence-electron chi connectivity index (χ2n) is 16.2. The molecule has 0 bridgehead atoms. The molecule has 2 aliphatic carbocycles. The van der Waals surface area contributed by atoms with Crippen molar-refractivity contribution in [1.29, 1.82) is 0 Å². The van der Waals surface area contributed by atoms with E-state index in [9.17, 15) is 0 Å². The topological polar surface area (TPSA) is 8.17 Å². The van der Waals surface area contributed by atoms with Crippen LogP contribution in [0.15, 0.2) is 194 Å². The minimum Gasteiger partial charge on any atom is -0.310 e. The summed E-state index contributed by atoms with van der Waals surface area (Å²) in [6, 6.07) is 64.9. The van der Waals surface area contributed by atoms with Gasteiger partial charge in [0.1, 0.15) is 0 Å². The Balaban J connectivity index is 1.10. The molecule has 56 heavy (non-hydrogen) atoms. The average Bonchev–Trinajstić information content (AvgIpc) is 3.69. The summed E-state index contributed by atoms with van der Waals surface area (Å²) >= 11 is 0. The predicted octanol–water partition coefficient (Wildman–Crippen LogP) is 14.6. The highest BCUT2D eigenvalue weighted by atomic mass is 15.1. The Morgan fingerprint density at radius 3 is 2.00 bits per heavy atom. The molecule has 2 aliphatic rings. The fourth-order valence-corrected chi connectivity index (χ4v) is 10.1. The van der Waals surface area contributed by atoms with Crippen molar-refractivity contribution in [2.24, 2.45) is 5.92 Å². The molecule has 0 radical (unpaired) electrons. The Hall–Kier alpha value is -6.64. The molecule has 2 nitrogen and oxygen atoms in total. The van der Waals surface area contributed by atoms with Crippen molar-refractivity contribution in [3.63, 3.8) is 0 Å². The second-order valence-corrected chi connectivity index (χ2v) is 16.2. The minimum absolute atomic E-state index is 0.00374. The van der Waals surface area contributed by atoms with Gasteiger partial charge in [-0.1, -0.05) is 166 Å². The molecule has 8 aromatic carbocycles. The Kier molecular flexibility index (Phi) is 7.28. The molecule has 1 aromatic heterocycles. The fourth-order valence-electron chi connectivity index (χ4n) is 10.1. The summed E-state index contributed by atoms with van der Waals surface area (Å²) in [5.74, 6) is 0.846. The lowest BCUT2D eigenvalue weighted by molar-refractivity contribution is 0.553. The monoisotopic (exact) mass is 718 g/mol. The molecule has 0 fully saturated rings. The highest BCUT2D eigenvalue weighted by molar-refractivity contribution is 6.15. The van der Waals surface area contributed by atoms with Crippen LogP contribution in [0.25, 0.3) is 54.6 Å². The van der Waals surface area contributed by atoms with Crippen molar-refractivity contribution in [3.8, 4) is 5.69 Å². The van der Waals surface area contributed by atoms with Gasteiger partial charge in [0.25, 0.3) is 0 Å². The molecule has 11 rings (SSSR count). The van der Waals surface area contributed by atoms with Gasteiger partial charge < -0.3 is 9.47 Å². The summed E-state index contributed by atoms with van der Waals surface area (Å²) in [5, 5.41) is 7.47. The van der Waals surface area contributed by atoms with E-state index in [2.05, 4.69) is 218 Å². The van der Waals surface area contributed by atoms with Gasteiger partial charge in [-0.3, -0.25) is 0 Å². The minimum atomic E-state index is 0.00374. The molecule has 268 valence electrons. The molecule has 0 saturated heterocycles. The van der Waals surface area contributed by atoms with E-state index in [0.29, 0.717) is 11.8 Å². The van der Waals surface area contributed by atoms with E-state index in [1.54, 1.807) is 0 Å². The average molecular weight is 719 g/mol. The number of aromatic nitrogens is 1. The normalized spacial score (nSPS) is 17.2. The summed E-state index contributed by atoms with van der Waals surface area (Å²) in [7, 11) is 0. The van der Waals surface area contributed by atoms with Gasteiger partial charge in [0.15, 0.2) is 0 Å². The van der Waals surface area contributed by atoms with E-state index in [1.165, 1.54) is 71.2 Å². The third kappa shape index (κ3) is 4.88. The third-order valence-electron chi connectivity index (χ3n) is 12.7. The molecule has 9 aromatic rings. The smallest absolute Gasteiger partial charge is 0.0561 e. The fraction of sp³-hybridized carbons (Fsp3) is 0.111. The maximum atomic E-state index is 2.49. The Morgan fingerprint density at radius 1 is 0.536 bits per heavy atom. The Labute approximate surface area is 328 Å². The molecule has 0 spiro atoms. The Morgan fingerprint density at radius 2 is 1.18 bits per heavy atom. The summed E-state index contributed by atoms with van der Waals surface area (Å²) in [6.45, 7) is 7.19. The summed E-state index contributed by atoms with van der Waals surface area (Å²) in [6.07, 6.45) is 4.98. The third-order valence-corrected chi connectivity index (χ3v) is 12.7. The molecule has 1 heterocycles. The van der Waals surface area contributed by atoms with Crippen molar-refractivity contribution in [3.05, 3.63) is 210 Å². The first-order valence-corrected chi connectivity index (χ1v) is 19.9. The van der Waals surface area contributed by atoms with Gasteiger partial charge in [-0.25, -0.2) is 0 Å². The number of allylic oxidation sites excluding steroid dienone is 4. The van der Waals surface area contributed by atoms with Gasteiger partial charge in [-0.2, -0.15) is 0 Å². The zero-order chi connectivity index (χ0) is 37.5. The van der Waals surface area contributed by atoms with Gasteiger partial charge in [0, 0.05) is 44.6 Å². The van der Waals surface area contributed by atoms with Crippen LogP contribution in [-0.2, 0) is 5.41 Å². The van der Waals surface area contributed by atoms with Crippen LogP contribution < -0.4 is 4.90 Å². The summed E-state index contributed by atoms with van der Waals surface area (Å²) < 4.78 is 2.41. The number of fused-ring (bicyclic) bond motifs is 9. The van der Waals surface area contributed by atoms with E-state index >= 15 is 0 Å². The van der Waals surface area contributed by atoms with Crippen LogP contribution in [0.4, 0.5) is 17.1 Å². The van der Waals surface area contributed by atoms with Gasteiger partial charge in [0.05, 0.1) is 16.7 Å². The van der Waals surface area contributed by atoms with Crippen LogP contribution >= 0.6 is 0 Å². The van der Waals surface area contributed by atoms with E-state index in [1.807, 2.05) is 0 Å². The maximum Gasteiger partial charge on any atom is 0.0561 e. The van der Waals surface area contributed by atoms with Crippen molar-refractivity contribution in [2.75, 3.05) is 4.90 Å². The van der Waals surface area contributed by atoms with Gasteiger partial charge in [-0.15, -0.1) is 0 Å². The van der Waals surface area contributed by atoms with Crippen molar-refractivity contribution in [2.45, 2.75) is 32.1 Å². The molecule has 2 atom stereocenters. The van der Waals surface area contributed by atoms with Crippen LogP contribution in [0, 0.1) is 5.92 Å². The molecular weight excluding hydrogens is 677 g/mol. The maximum absolute atomic E-state index is 2.49. The number of hydrogen-bond donors (Lipinski definition) is 0. The first-order valence-electron chi connectivity index (χ1n) is 19.9. The summed E-state index contributed by atoms with van der Waals surface area (Å²) in [4.78, 5) is 2.47. The molecular formula is C54H42N2. The first-order chi connectivity index (χ1) is 27.5. The largest absolute Gasteiger partial charge is 0.310 e. The van der Waals surface area contributed by atoms with Crippen molar-refractivity contribution < 1.29 is 0 Å². The van der Waals surface area contributed by atoms with E-state index < -0.39 is 0 Å². The van der Waals surface area contributed by atoms with Gasteiger partial charge >= 0.3 is 0 Å². The SMILES string of the molecule is CC1C=C(c2ccc(N(c3ccc4c5ccccc5n(-c5ccccc5)c4c3)c3cc4ccccc4c4ccccc34)cc2)C=C2C1c1ccccc1C2(C)C. The number of rotatable bonds is 5. The van der Waals surface area contributed by atoms with Gasteiger partial charge in [0.2, 0.25) is 0 Å². The number of benzene rings is 8. The number of hydrogen-bond acceptors (Lipinski definition) is 1. The van der Waals surface area contributed by atoms with Crippen LogP contribution in [-0.4, -0.2) is 4.57 Å². The first kappa shape index (κ1) is 32.8. The number of para-hydroxylation sites is 2. The summed E-state index contributed by atoms with van der Waals surface area (Å²) in [5.41, 5.74) is 14.0. The van der Waals surface area contributed by atoms with Crippen LogP contribution in [0.1, 0.15) is 43.4 Å². The van der Waals surface area contributed by atoms with E-state index in [0.717, 1.165) is 22.7 Å². The molecule has 0 saturated carbocycles. The zero-order valence-electron chi connectivity index (χ0n) is 31.9. The molecule has 0 amide bonds. The predicted molar refractivity (Wildman–Crippen MR) is 238 cm³/mol. The van der Waals surface area contributed by atoms with E-state index in [4.69, 9.17) is 0 Å². The second kappa shape index (κ2) is 12.4. The van der Waals surface area contributed by atoms with Crippen LogP contribution in [0.3, 0.4) is 0 Å². The highest BCUT2D eigenvalue weighted by Crippen LogP contribution is 2.56. The lowest BCUT2D eigenvalue weighted by atomic mass is 9.73. The van der Waals surface area contributed by atoms with Crippen LogP contribution in [0.2, 0.25) is 0 Å². The van der Waals surface area contributed by atoms with Crippen molar-refractivity contribution >= 4 is 66.0 Å². The van der Waals surface area contributed by atoms with Crippen LogP contribution in [0.5, 0.6) is 0 Å². The molecule has 0 N–H and O–H groups in total. The standard InChI is InChI=1S/C54H42N2/c1-35-31-38(32-49-53(35)47-22-11-13-23-48(47)54(49,2)3)36-25-27-40(28-26-36)55(51-33-37-15-7-8-18-42(37)43-19-9-10-20-44(43)51)41-29-30-46-45-21-12-14-24-50(45)56(52(46)34-41)39-16-5-4-6-17-39/h4-35,53H,1-3H3. The quantitative estimate of drug-likeness (QED) is 0.161. The number of anilines is 3. The zero-order valence-corrected chi connectivity index (χ0v) is 31.9. The Bertz CT molecular complexity index is 3070. The molecule has 0 aliphatic heterocycles. The van der Waals surface area contributed by atoms with Gasteiger partial charge in [-0.05, 0) is 92.9 Å². The highest BCUT2D eigenvalue weighted by Gasteiger charge is 2.44. The lowest BCUT2D eigenvalue weighted by Gasteiger charge is -2.31. The van der Waals surface area contributed by atoms with E-state index in [-0.39, 0.29) is 5.41 Å². The van der Waals surface area contributed by atoms with Crippen molar-refractivity contribution in [1.82, 2.24) is 4.57 Å². The molecule has 2 unspecified atom stereocenters. The number of nitrogens with zero attached hydrogens (tertiary/aromatic N) is 2. The lowest BCUT2D eigenvalue weighted by Crippen LogP contribution is -2.20.